The van der Waals surface area contributed by atoms with Crippen molar-refractivity contribution in [3.8, 4) is 0 Å². The van der Waals surface area contributed by atoms with Crippen LogP contribution >= 0.6 is 0 Å². The van der Waals surface area contributed by atoms with Gasteiger partial charge >= 0.3 is 5.97 Å². The van der Waals surface area contributed by atoms with Gasteiger partial charge in [-0.05, 0) is 24.3 Å². The minimum atomic E-state index is -3.75. The average molecular weight is 231 g/mol. The van der Waals surface area contributed by atoms with E-state index in [-0.39, 0.29) is 15.7 Å². The van der Waals surface area contributed by atoms with Gasteiger partial charge in [0.05, 0.1) is 17.5 Å². The van der Waals surface area contributed by atoms with E-state index in [9.17, 15) is 18.4 Å². The molecule has 2 N–H and O–H groups in total. The molecule has 0 radical (unpaired) electrons. The molecule has 15 heavy (non-hydrogen) atoms. The Balaban J connectivity index is 3.05. The smallest absolute Gasteiger partial charge is 0.335 e. The molecule has 0 heterocycles. The SMILES string of the molecule is CS(=O)(=O)N(O)c1ccc(C(=O)O)cc1. The second kappa shape index (κ2) is 3.87. The zero-order valence-electron chi connectivity index (χ0n) is 7.78. The Morgan fingerprint density at radius 1 is 1.27 bits per heavy atom. The van der Waals surface area contributed by atoms with Crippen LogP contribution in [0.3, 0.4) is 0 Å². The van der Waals surface area contributed by atoms with Crippen LogP contribution in [0.1, 0.15) is 10.4 Å². The van der Waals surface area contributed by atoms with Crippen LogP contribution in [0.2, 0.25) is 0 Å². The zero-order chi connectivity index (χ0) is 11.6. The minimum Gasteiger partial charge on any atom is -0.478 e. The molecule has 6 nitrogen and oxygen atoms in total. The second-order valence-corrected chi connectivity index (χ2v) is 4.67. The molecule has 1 aromatic carbocycles. The highest BCUT2D eigenvalue weighted by molar-refractivity contribution is 7.91. The molecule has 0 unspecified atom stereocenters. The molecule has 0 aliphatic heterocycles. The fraction of sp³-hybridized carbons (Fsp3) is 0.125. The summed E-state index contributed by atoms with van der Waals surface area (Å²) in [4.78, 5) is 10.5. The van der Waals surface area contributed by atoms with E-state index >= 15 is 0 Å². The van der Waals surface area contributed by atoms with E-state index in [1.807, 2.05) is 0 Å². The number of carboxylic acid groups (broad SMARTS) is 1. The van der Waals surface area contributed by atoms with Crippen molar-refractivity contribution in [3.05, 3.63) is 29.8 Å². The number of carboxylic acids is 1. The van der Waals surface area contributed by atoms with Gasteiger partial charge < -0.3 is 5.11 Å². The van der Waals surface area contributed by atoms with Gasteiger partial charge in [0.2, 0.25) is 0 Å². The summed E-state index contributed by atoms with van der Waals surface area (Å²) in [6.07, 6.45) is 0.831. The van der Waals surface area contributed by atoms with E-state index in [2.05, 4.69) is 0 Å². The largest absolute Gasteiger partial charge is 0.478 e. The van der Waals surface area contributed by atoms with Crippen LogP contribution in [0.15, 0.2) is 24.3 Å². The van der Waals surface area contributed by atoms with Crippen LogP contribution in [0.4, 0.5) is 5.69 Å². The number of benzene rings is 1. The monoisotopic (exact) mass is 231 g/mol. The molecule has 0 spiro atoms. The lowest BCUT2D eigenvalue weighted by Crippen LogP contribution is -2.25. The van der Waals surface area contributed by atoms with Gasteiger partial charge in [0.25, 0.3) is 10.0 Å². The number of nitrogens with zero attached hydrogens (tertiary/aromatic N) is 1. The van der Waals surface area contributed by atoms with Crippen molar-refractivity contribution in [2.24, 2.45) is 0 Å². The van der Waals surface area contributed by atoms with Crippen molar-refractivity contribution < 1.29 is 23.5 Å². The minimum absolute atomic E-state index is 0.0116. The van der Waals surface area contributed by atoms with Crippen molar-refractivity contribution in [2.75, 3.05) is 10.7 Å². The van der Waals surface area contributed by atoms with E-state index in [1.54, 1.807) is 0 Å². The topological polar surface area (TPSA) is 94.9 Å². The Labute approximate surface area is 86.4 Å². The standard InChI is InChI=1S/C8H9NO5S/c1-15(13,14)9(12)7-4-2-6(3-5-7)8(10)11/h2-5,12H,1H3,(H,10,11). The molecule has 0 fully saturated rings. The quantitative estimate of drug-likeness (QED) is 0.740. The summed E-state index contributed by atoms with van der Waals surface area (Å²) in [5.74, 6) is -1.12. The third-order valence-electron chi connectivity index (χ3n) is 1.65. The van der Waals surface area contributed by atoms with Crippen LogP contribution < -0.4 is 4.47 Å². The molecule has 0 amide bonds. The summed E-state index contributed by atoms with van der Waals surface area (Å²) in [6.45, 7) is 0. The summed E-state index contributed by atoms with van der Waals surface area (Å²) in [5.41, 5.74) is 0.00292. The van der Waals surface area contributed by atoms with Gasteiger partial charge in [-0.25, -0.2) is 13.2 Å². The number of rotatable bonds is 3. The van der Waals surface area contributed by atoms with Crippen molar-refractivity contribution in [1.29, 1.82) is 0 Å². The van der Waals surface area contributed by atoms with Gasteiger partial charge in [-0.1, -0.05) is 0 Å². The predicted molar refractivity (Wildman–Crippen MR) is 52.5 cm³/mol. The first-order valence-electron chi connectivity index (χ1n) is 3.85. The number of hydrogen-bond acceptors (Lipinski definition) is 4. The molecule has 82 valence electrons. The molecule has 0 aliphatic carbocycles. The normalized spacial score (nSPS) is 11.1. The van der Waals surface area contributed by atoms with Crippen molar-refractivity contribution in [2.45, 2.75) is 0 Å². The number of anilines is 1. The van der Waals surface area contributed by atoms with Crippen molar-refractivity contribution in [3.63, 3.8) is 0 Å². The number of carbonyl (C=O) groups is 1. The first-order valence-corrected chi connectivity index (χ1v) is 5.70. The van der Waals surface area contributed by atoms with Gasteiger partial charge in [-0.15, -0.1) is 4.47 Å². The first kappa shape index (κ1) is 11.5. The van der Waals surface area contributed by atoms with E-state index in [0.717, 1.165) is 6.26 Å². The van der Waals surface area contributed by atoms with Crippen LogP contribution in [0.5, 0.6) is 0 Å². The lowest BCUT2D eigenvalue weighted by Gasteiger charge is -2.13. The highest BCUT2D eigenvalue weighted by Gasteiger charge is 2.14. The molecule has 0 aliphatic rings. The van der Waals surface area contributed by atoms with E-state index in [1.165, 1.54) is 24.3 Å². The van der Waals surface area contributed by atoms with Gasteiger partial charge in [-0.2, -0.15) is 0 Å². The van der Waals surface area contributed by atoms with Crippen LogP contribution in [0, 0.1) is 0 Å². The molecule has 0 aromatic heterocycles. The molecule has 0 saturated carbocycles. The summed E-state index contributed by atoms with van der Waals surface area (Å²) in [6, 6.07) is 4.80. The highest BCUT2D eigenvalue weighted by Crippen LogP contribution is 2.15. The fourth-order valence-electron chi connectivity index (χ4n) is 0.923. The van der Waals surface area contributed by atoms with Gasteiger partial charge in [0.1, 0.15) is 0 Å². The second-order valence-electron chi connectivity index (χ2n) is 2.86. The Morgan fingerprint density at radius 3 is 2.07 bits per heavy atom. The van der Waals surface area contributed by atoms with Crippen LogP contribution in [-0.2, 0) is 10.0 Å². The van der Waals surface area contributed by atoms with Gasteiger partial charge in [0.15, 0.2) is 0 Å². The molecule has 7 heteroatoms. The Kier molecular flexibility index (Phi) is 2.96. The Hall–Kier alpha value is -1.60. The zero-order valence-corrected chi connectivity index (χ0v) is 8.60. The molecule has 0 saturated heterocycles. The summed E-state index contributed by atoms with van der Waals surface area (Å²) >= 11 is 0. The van der Waals surface area contributed by atoms with Gasteiger partial charge in [0, 0.05) is 0 Å². The molecule has 0 bridgehead atoms. The Bertz CT molecular complexity index is 464. The summed E-state index contributed by atoms with van der Waals surface area (Å²) in [7, 11) is -3.75. The van der Waals surface area contributed by atoms with Gasteiger partial charge in [-0.3, -0.25) is 5.21 Å². The number of sulfonamides is 1. The third-order valence-corrected chi connectivity index (χ3v) is 2.49. The summed E-state index contributed by atoms with van der Waals surface area (Å²) in [5, 5.41) is 17.8. The van der Waals surface area contributed by atoms with Crippen molar-refractivity contribution >= 4 is 21.7 Å². The molecule has 0 atom stereocenters. The van der Waals surface area contributed by atoms with Crippen LogP contribution in [0.25, 0.3) is 0 Å². The maximum Gasteiger partial charge on any atom is 0.335 e. The average Bonchev–Trinajstić information content (AvgIpc) is 2.15. The van der Waals surface area contributed by atoms with Crippen molar-refractivity contribution in [1.82, 2.24) is 0 Å². The highest BCUT2D eigenvalue weighted by atomic mass is 32.2. The maximum atomic E-state index is 10.9. The third kappa shape index (κ3) is 2.67. The summed E-state index contributed by atoms with van der Waals surface area (Å²) < 4.78 is 21.9. The fourth-order valence-corrected chi connectivity index (χ4v) is 1.43. The number of hydrogen-bond donors (Lipinski definition) is 2. The van der Waals surface area contributed by atoms with Crippen LogP contribution in [-0.4, -0.2) is 31.0 Å². The van der Waals surface area contributed by atoms with E-state index < -0.39 is 16.0 Å². The van der Waals surface area contributed by atoms with E-state index in [4.69, 9.17) is 5.11 Å². The van der Waals surface area contributed by atoms with E-state index in [0.29, 0.717) is 0 Å². The number of aromatic carboxylic acids is 1. The Morgan fingerprint density at radius 2 is 1.73 bits per heavy atom. The maximum absolute atomic E-state index is 10.9. The lowest BCUT2D eigenvalue weighted by molar-refractivity contribution is 0.0697. The first-order chi connectivity index (χ1) is 6.82. The lowest BCUT2D eigenvalue weighted by atomic mass is 10.2. The molecular weight excluding hydrogens is 222 g/mol. The molecule has 1 aromatic rings. The molecular formula is C8H9NO5S. The predicted octanol–water partition coefficient (Wildman–Crippen LogP) is 0.540. The molecule has 1 rings (SSSR count).